The molecule has 0 radical (unpaired) electrons. The lowest BCUT2D eigenvalue weighted by atomic mass is 9.87. The van der Waals surface area contributed by atoms with Gasteiger partial charge < -0.3 is 5.11 Å². The van der Waals surface area contributed by atoms with E-state index in [0.717, 1.165) is 32.4 Å². The predicted molar refractivity (Wildman–Crippen MR) is 88.9 cm³/mol. The van der Waals surface area contributed by atoms with Gasteiger partial charge in [-0.1, -0.05) is 47.7 Å². The number of phenols is 1. The average Bonchev–Trinajstić information content (AvgIpc) is 2.43. The van der Waals surface area contributed by atoms with E-state index in [9.17, 15) is 5.11 Å². The molecule has 2 nitrogen and oxygen atoms in total. The van der Waals surface area contributed by atoms with Gasteiger partial charge in [0.25, 0.3) is 0 Å². The third-order valence-electron chi connectivity index (χ3n) is 3.89. The molecule has 1 N–H and O–H groups in total. The van der Waals surface area contributed by atoms with Gasteiger partial charge in [-0.25, -0.2) is 0 Å². The summed E-state index contributed by atoms with van der Waals surface area (Å²) < 4.78 is 2.10. The highest BCUT2D eigenvalue weighted by Gasteiger charge is 2.24. The molecule has 0 aromatic heterocycles. The van der Waals surface area contributed by atoms with Crippen LogP contribution in [0.15, 0.2) is 28.4 Å². The molecule has 0 spiro atoms. The highest BCUT2D eigenvalue weighted by molar-refractivity contribution is 14.1. The summed E-state index contributed by atoms with van der Waals surface area (Å²) in [6.07, 6.45) is 6.64. The van der Waals surface area contributed by atoms with Gasteiger partial charge in [-0.2, -0.15) is 0 Å². The fraction of sp³-hybridized carbons (Fsp3) is 0.500. The Morgan fingerprint density at radius 1 is 1.47 bits per heavy atom. The van der Waals surface area contributed by atoms with E-state index in [0.29, 0.717) is 11.8 Å². The maximum atomic E-state index is 9.90. The molecule has 0 unspecified atom stereocenters. The molecule has 0 fully saturated rings. The van der Waals surface area contributed by atoms with Crippen molar-refractivity contribution in [3.63, 3.8) is 0 Å². The number of phenolic OH excluding ortho intramolecular Hbond substituents is 1. The first-order chi connectivity index (χ1) is 9.26. The Kier molecular flexibility index (Phi) is 5.70. The first-order valence-electron chi connectivity index (χ1n) is 7.05. The van der Waals surface area contributed by atoms with Crippen LogP contribution in [-0.4, -0.2) is 29.1 Å². The Morgan fingerprint density at radius 2 is 2.32 bits per heavy atom. The minimum Gasteiger partial charge on any atom is -0.508 e. The van der Waals surface area contributed by atoms with Gasteiger partial charge in [0.1, 0.15) is 5.75 Å². The Morgan fingerprint density at radius 3 is 3.05 bits per heavy atom. The summed E-state index contributed by atoms with van der Waals surface area (Å²) in [6, 6.07) is 6.55. The number of rotatable bonds is 5. The number of halogens is 1. The molecule has 1 aromatic carbocycles. The van der Waals surface area contributed by atoms with Crippen molar-refractivity contribution < 1.29 is 5.11 Å². The Labute approximate surface area is 129 Å². The summed E-state index contributed by atoms with van der Waals surface area (Å²) in [6.45, 7) is 4.43. The van der Waals surface area contributed by atoms with Crippen molar-refractivity contribution in [2.75, 3.05) is 13.1 Å². The topological polar surface area (TPSA) is 23.5 Å². The maximum Gasteiger partial charge on any atom is 0.119 e. The van der Waals surface area contributed by atoms with Crippen LogP contribution in [0.1, 0.15) is 30.9 Å². The van der Waals surface area contributed by atoms with Crippen LogP contribution in [0.5, 0.6) is 5.75 Å². The molecule has 3 heteroatoms. The fourth-order valence-electron chi connectivity index (χ4n) is 2.96. The molecule has 104 valence electrons. The van der Waals surface area contributed by atoms with E-state index in [1.165, 1.54) is 17.5 Å². The van der Waals surface area contributed by atoms with E-state index in [1.54, 1.807) is 0 Å². The van der Waals surface area contributed by atoms with Gasteiger partial charge in [0, 0.05) is 12.6 Å². The maximum absolute atomic E-state index is 9.90. The summed E-state index contributed by atoms with van der Waals surface area (Å²) in [5.74, 6) is 0.477. The first-order valence-corrected chi connectivity index (χ1v) is 8.29. The molecule has 0 amide bonds. The second-order valence-corrected chi connectivity index (χ2v) is 5.89. The van der Waals surface area contributed by atoms with Gasteiger partial charge in [-0.3, -0.25) is 4.90 Å². The highest BCUT2D eigenvalue weighted by atomic mass is 127. The van der Waals surface area contributed by atoms with Gasteiger partial charge in [0.2, 0.25) is 0 Å². The van der Waals surface area contributed by atoms with E-state index in [-0.39, 0.29) is 0 Å². The molecule has 0 heterocycles. The minimum atomic E-state index is 0.477. The van der Waals surface area contributed by atoms with Gasteiger partial charge in [-0.05, 0) is 53.5 Å². The zero-order valence-electron chi connectivity index (χ0n) is 11.5. The molecular weight excluding hydrogens is 349 g/mol. The normalized spacial score (nSPS) is 19.0. The van der Waals surface area contributed by atoms with E-state index in [4.69, 9.17) is 0 Å². The smallest absolute Gasteiger partial charge is 0.119 e. The third kappa shape index (κ3) is 3.72. The second kappa shape index (κ2) is 7.29. The average molecular weight is 371 g/mol. The number of aromatic hydroxyl groups is 1. The summed E-state index contributed by atoms with van der Waals surface area (Å²) >= 11 is 2.28. The fourth-order valence-corrected chi connectivity index (χ4v) is 3.19. The number of nitrogens with zero attached hydrogens (tertiary/aromatic N) is 1. The predicted octanol–water partition coefficient (Wildman–Crippen LogP) is 3.91. The van der Waals surface area contributed by atoms with Crippen LogP contribution >= 0.6 is 22.6 Å². The molecule has 1 aromatic rings. The van der Waals surface area contributed by atoms with Crippen LogP contribution in [0.3, 0.4) is 0 Å². The van der Waals surface area contributed by atoms with Gasteiger partial charge in [0.15, 0.2) is 0 Å². The van der Waals surface area contributed by atoms with Gasteiger partial charge in [0.05, 0.1) is 0 Å². The number of benzene rings is 1. The van der Waals surface area contributed by atoms with Crippen molar-refractivity contribution >= 4 is 22.6 Å². The molecule has 1 aliphatic carbocycles. The van der Waals surface area contributed by atoms with E-state index in [1.807, 2.05) is 12.1 Å². The van der Waals surface area contributed by atoms with E-state index in [2.05, 4.69) is 50.6 Å². The van der Waals surface area contributed by atoms with Crippen LogP contribution in [0.25, 0.3) is 0 Å². The molecule has 0 saturated carbocycles. The SMILES string of the molecule is CCCN(C/C=C/I)[C@H]1CCc2c(O)cccc2C1. The summed E-state index contributed by atoms with van der Waals surface area (Å²) in [5.41, 5.74) is 2.50. The van der Waals surface area contributed by atoms with Crippen molar-refractivity contribution in [1.82, 2.24) is 4.90 Å². The lowest BCUT2D eigenvalue weighted by molar-refractivity contribution is 0.198. The highest BCUT2D eigenvalue weighted by Crippen LogP contribution is 2.30. The van der Waals surface area contributed by atoms with Crippen LogP contribution in [-0.2, 0) is 12.8 Å². The van der Waals surface area contributed by atoms with Crippen LogP contribution in [0.2, 0.25) is 0 Å². The van der Waals surface area contributed by atoms with Crippen LogP contribution in [0, 0.1) is 0 Å². The largest absolute Gasteiger partial charge is 0.508 e. The van der Waals surface area contributed by atoms with Crippen molar-refractivity contribution in [1.29, 1.82) is 0 Å². The third-order valence-corrected chi connectivity index (χ3v) is 4.40. The molecule has 0 bridgehead atoms. The molecular formula is C16H22INO. The summed E-state index contributed by atoms with van der Waals surface area (Å²) in [5, 5.41) is 9.90. The molecule has 1 aliphatic rings. The molecule has 2 rings (SSSR count). The number of hydrogen-bond acceptors (Lipinski definition) is 2. The molecule has 1 atom stereocenters. The minimum absolute atomic E-state index is 0.477. The summed E-state index contributed by atoms with van der Waals surface area (Å²) in [4.78, 5) is 2.57. The lowest BCUT2D eigenvalue weighted by Crippen LogP contribution is -2.40. The van der Waals surface area contributed by atoms with Gasteiger partial charge >= 0.3 is 0 Å². The summed E-state index contributed by atoms with van der Waals surface area (Å²) in [7, 11) is 0. The standard InChI is InChI=1S/C16H22INO/c1-2-10-18(11-4-9-17)14-7-8-15-13(12-14)5-3-6-16(15)19/h3-6,9,14,19H,2,7-8,10-12H2,1H3/b9-4+/t14-/m0/s1. The monoisotopic (exact) mass is 371 g/mol. The van der Waals surface area contributed by atoms with Crippen LogP contribution < -0.4 is 0 Å². The van der Waals surface area contributed by atoms with Gasteiger partial charge in [-0.15, -0.1) is 0 Å². The number of fused-ring (bicyclic) bond motifs is 1. The second-order valence-electron chi connectivity index (χ2n) is 5.17. The Balaban J connectivity index is 2.10. The molecule has 19 heavy (non-hydrogen) atoms. The van der Waals surface area contributed by atoms with Crippen molar-refractivity contribution in [2.45, 2.75) is 38.6 Å². The Hall–Kier alpha value is -0.550. The van der Waals surface area contributed by atoms with Crippen molar-refractivity contribution in [3.05, 3.63) is 39.5 Å². The van der Waals surface area contributed by atoms with Crippen molar-refractivity contribution in [2.24, 2.45) is 0 Å². The first kappa shape index (κ1) is 14.9. The quantitative estimate of drug-likeness (QED) is 0.794. The Bertz CT molecular complexity index is 444. The molecule has 0 aliphatic heterocycles. The molecule has 0 saturated heterocycles. The zero-order valence-corrected chi connectivity index (χ0v) is 13.6. The van der Waals surface area contributed by atoms with Crippen molar-refractivity contribution in [3.8, 4) is 5.75 Å². The zero-order chi connectivity index (χ0) is 13.7. The van der Waals surface area contributed by atoms with E-state index < -0.39 is 0 Å². The van der Waals surface area contributed by atoms with Crippen LogP contribution in [0.4, 0.5) is 0 Å². The number of hydrogen-bond donors (Lipinski definition) is 1. The lowest BCUT2D eigenvalue weighted by Gasteiger charge is -2.34. The van der Waals surface area contributed by atoms with E-state index >= 15 is 0 Å².